The Morgan fingerprint density at radius 1 is 0.973 bits per heavy atom. The molecule has 0 saturated heterocycles. The summed E-state index contributed by atoms with van der Waals surface area (Å²) < 4.78 is 1.60. The van der Waals surface area contributed by atoms with Crippen molar-refractivity contribution in [2.45, 2.75) is 26.8 Å². The van der Waals surface area contributed by atoms with Gasteiger partial charge in [-0.05, 0) is 56.5 Å². The van der Waals surface area contributed by atoms with Crippen molar-refractivity contribution < 1.29 is 4.79 Å². The average Bonchev–Trinajstić information content (AvgIpc) is 2.89. The zero-order chi connectivity index (χ0) is 26.1. The molecular formula is C30H25ClN4O2. The van der Waals surface area contributed by atoms with Gasteiger partial charge < -0.3 is 5.32 Å². The Hall–Kier alpha value is -4.29. The summed E-state index contributed by atoms with van der Waals surface area (Å²) in [5, 5.41) is 4.55. The molecule has 3 aromatic carbocycles. The normalized spacial score (nSPS) is 11.9. The molecule has 37 heavy (non-hydrogen) atoms. The molecule has 0 unspecified atom stereocenters. The van der Waals surface area contributed by atoms with E-state index in [0.29, 0.717) is 38.6 Å². The predicted octanol–water partition coefficient (Wildman–Crippen LogP) is 6.21. The Morgan fingerprint density at radius 2 is 1.73 bits per heavy atom. The summed E-state index contributed by atoms with van der Waals surface area (Å²) in [6, 6.07) is 23.9. The molecule has 0 saturated carbocycles. The molecule has 5 rings (SSSR count). The summed E-state index contributed by atoms with van der Waals surface area (Å²) in [7, 11) is 0. The zero-order valence-corrected chi connectivity index (χ0v) is 21.5. The molecule has 0 fully saturated rings. The van der Waals surface area contributed by atoms with Crippen LogP contribution in [0.2, 0.25) is 5.02 Å². The highest BCUT2D eigenvalue weighted by Gasteiger charge is 2.21. The first-order valence-electron chi connectivity index (χ1n) is 11.9. The Morgan fingerprint density at radius 3 is 2.49 bits per heavy atom. The van der Waals surface area contributed by atoms with E-state index >= 15 is 0 Å². The van der Waals surface area contributed by atoms with Crippen LogP contribution in [0.4, 0.5) is 0 Å². The number of benzene rings is 3. The van der Waals surface area contributed by atoms with Crippen molar-refractivity contribution in [1.82, 2.24) is 19.9 Å². The van der Waals surface area contributed by atoms with E-state index in [1.807, 2.05) is 80.6 Å². The first-order chi connectivity index (χ1) is 17.8. The van der Waals surface area contributed by atoms with Crippen LogP contribution in [0.5, 0.6) is 0 Å². The number of hydrogen-bond donors (Lipinski definition) is 1. The molecule has 0 spiro atoms. The number of halogens is 1. The van der Waals surface area contributed by atoms with Crippen molar-refractivity contribution in [2.24, 2.45) is 0 Å². The average molecular weight is 509 g/mol. The summed E-state index contributed by atoms with van der Waals surface area (Å²) in [4.78, 5) is 36.1. The number of aryl methyl sites for hydroxylation is 2. The largest absolute Gasteiger partial charge is 0.343 e. The fourth-order valence-corrected chi connectivity index (χ4v) is 4.71. The van der Waals surface area contributed by atoms with Crippen molar-refractivity contribution >= 4 is 28.3 Å². The second kappa shape index (κ2) is 9.99. The van der Waals surface area contributed by atoms with Crippen LogP contribution in [-0.4, -0.2) is 20.4 Å². The smallest absolute Gasteiger partial charge is 0.272 e. The second-order valence-electron chi connectivity index (χ2n) is 9.00. The van der Waals surface area contributed by atoms with Crippen molar-refractivity contribution in [3.8, 4) is 16.9 Å². The lowest BCUT2D eigenvalue weighted by Crippen LogP contribution is -2.33. The topological polar surface area (TPSA) is 76.9 Å². The van der Waals surface area contributed by atoms with Gasteiger partial charge in [-0.3, -0.25) is 19.1 Å². The molecule has 0 aliphatic heterocycles. The quantitative estimate of drug-likeness (QED) is 0.306. The maximum Gasteiger partial charge on any atom is 0.272 e. The Kier molecular flexibility index (Phi) is 6.59. The summed E-state index contributed by atoms with van der Waals surface area (Å²) in [5.74, 6) is -0.370. The molecule has 5 aromatic rings. The molecule has 1 amide bonds. The van der Waals surface area contributed by atoms with Gasteiger partial charge in [-0.1, -0.05) is 65.7 Å². The number of carbonyl (C=O) groups is 1. The molecule has 2 aromatic heterocycles. The van der Waals surface area contributed by atoms with Gasteiger partial charge in [0.1, 0.15) is 5.69 Å². The standard InChI is InChI=1S/C30H25ClN4O2/c1-18-9-7-10-21(15-18)25-17-32-20(3)28(34-25)29(36)33-19(2)26-16-22-11-8-14-24(31)27(22)30(37)35(26)23-12-5-4-6-13-23/h4-17,19H,1-3H3,(H,33,36)/t19-/m0/s1. The summed E-state index contributed by atoms with van der Waals surface area (Å²) >= 11 is 6.41. The van der Waals surface area contributed by atoms with Gasteiger partial charge in [0.25, 0.3) is 11.5 Å². The molecular weight excluding hydrogens is 484 g/mol. The number of nitrogens with zero attached hydrogens (tertiary/aromatic N) is 3. The van der Waals surface area contributed by atoms with E-state index in [1.54, 1.807) is 29.8 Å². The van der Waals surface area contributed by atoms with Crippen molar-refractivity contribution in [1.29, 1.82) is 0 Å². The first-order valence-corrected chi connectivity index (χ1v) is 12.3. The lowest BCUT2D eigenvalue weighted by molar-refractivity contribution is 0.0932. The van der Waals surface area contributed by atoms with E-state index in [0.717, 1.165) is 11.1 Å². The van der Waals surface area contributed by atoms with Crippen LogP contribution in [-0.2, 0) is 0 Å². The van der Waals surface area contributed by atoms with E-state index in [2.05, 4.69) is 15.3 Å². The fourth-order valence-electron chi connectivity index (χ4n) is 4.45. The maximum atomic E-state index is 13.7. The number of nitrogens with one attached hydrogen (secondary N) is 1. The monoisotopic (exact) mass is 508 g/mol. The molecule has 0 radical (unpaired) electrons. The SMILES string of the molecule is Cc1cccc(-c2cnc(C)c(C(=O)N[C@@H](C)c3cc4cccc(Cl)c4c(=O)n3-c3ccccc3)n2)c1. The minimum absolute atomic E-state index is 0.239. The lowest BCUT2D eigenvalue weighted by atomic mass is 10.1. The third kappa shape index (κ3) is 4.76. The number of aromatic nitrogens is 3. The Labute approximate surface area is 219 Å². The molecule has 0 aliphatic rings. The minimum atomic E-state index is -0.521. The van der Waals surface area contributed by atoms with Crippen LogP contribution in [0.1, 0.15) is 40.4 Å². The van der Waals surface area contributed by atoms with Crippen molar-refractivity contribution in [3.63, 3.8) is 0 Å². The van der Waals surface area contributed by atoms with E-state index in [1.165, 1.54) is 0 Å². The highest BCUT2D eigenvalue weighted by atomic mass is 35.5. The van der Waals surface area contributed by atoms with E-state index < -0.39 is 6.04 Å². The van der Waals surface area contributed by atoms with Gasteiger partial charge in [-0.15, -0.1) is 0 Å². The Balaban J connectivity index is 1.56. The summed E-state index contributed by atoms with van der Waals surface area (Å²) in [6.07, 6.45) is 1.67. The fraction of sp³-hybridized carbons (Fsp3) is 0.133. The number of fused-ring (bicyclic) bond motifs is 1. The summed E-state index contributed by atoms with van der Waals surface area (Å²) in [5.41, 5.74) is 4.42. The van der Waals surface area contributed by atoms with Crippen LogP contribution in [0.15, 0.2) is 89.9 Å². The van der Waals surface area contributed by atoms with Gasteiger partial charge in [0.05, 0.1) is 34.0 Å². The van der Waals surface area contributed by atoms with Crippen molar-refractivity contribution in [3.05, 3.63) is 123 Å². The van der Waals surface area contributed by atoms with Gasteiger partial charge in [-0.2, -0.15) is 0 Å². The highest BCUT2D eigenvalue weighted by molar-refractivity contribution is 6.35. The van der Waals surface area contributed by atoms with Gasteiger partial charge >= 0.3 is 0 Å². The van der Waals surface area contributed by atoms with Gasteiger partial charge in [-0.25, -0.2) is 4.98 Å². The van der Waals surface area contributed by atoms with Crippen LogP contribution >= 0.6 is 11.6 Å². The predicted molar refractivity (Wildman–Crippen MR) is 147 cm³/mol. The molecule has 0 bridgehead atoms. The molecule has 6 nitrogen and oxygen atoms in total. The maximum absolute atomic E-state index is 13.7. The van der Waals surface area contributed by atoms with Crippen LogP contribution in [0.25, 0.3) is 27.7 Å². The molecule has 0 aliphatic carbocycles. The Bertz CT molecular complexity index is 1700. The number of pyridine rings is 1. The molecule has 1 atom stereocenters. The van der Waals surface area contributed by atoms with Crippen LogP contribution in [0, 0.1) is 13.8 Å². The minimum Gasteiger partial charge on any atom is -0.343 e. The molecule has 184 valence electrons. The van der Waals surface area contributed by atoms with Crippen LogP contribution < -0.4 is 10.9 Å². The van der Waals surface area contributed by atoms with Gasteiger partial charge in [0.15, 0.2) is 0 Å². The van der Waals surface area contributed by atoms with E-state index in [4.69, 9.17) is 11.6 Å². The zero-order valence-electron chi connectivity index (χ0n) is 20.7. The van der Waals surface area contributed by atoms with Gasteiger partial charge in [0.2, 0.25) is 0 Å². The second-order valence-corrected chi connectivity index (χ2v) is 9.41. The third-order valence-corrected chi connectivity index (χ3v) is 6.63. The van der Waals surface area contributed by atoms with E-state index in [-0.39, 0.29) is 17.2 Å². The lowest BCUT2D eigenvalue weighted by Gasteiger charge is -2.21. The first kappa shape index (κ1) is 24.4. The number of rotatable bonds is 5. The van der Waals surface area contributed by atoms with Crippen LogP contribution in [0.3, 0.4) is 0 Å². The molecule has 2 heterocycles. The molecule has 1 N–H and O–H groups in total. The summed E-state index contributed by atoms with van der Waals surface area (Å²) in [6.45, 7) is 5.60. The number of amides is 1. The van der Waals surface area contributed by atoms with E-state index in [9.17, 15) is 9.59 Å². The number of para-hydroxylation sites is 1. The van der Waals surface area contributed by atoms with Crippen molar-refractivity contribution in [2.75, 3.05) is 0 Å². The number of hydrogen-bond acceptors (Lipinski definition) is 4. The van der Waals surface area contributed by atoms with Gasteiger partial charge in [0, 0.05) is 16.9 Å². The highest BCUT2D eigenvalue weighted by Crippen LogP contribution is 2.26. The molecule has 7 heteroatoms. The third-order valence-electron chi connectivity index (χ3n) is 6.31. The number of carbonyl (C=O) groups excluding carboxylic acids is 1.